The molecule has 4 fully saturated rings. The number of carbonyl (C=O) groups excluding carboxylic acids is 1. The molecule has 0 saturated heterocycles. The Hall–Kier alpha value is -1.31. The van der Waals surface area contributed by atoms with Crippen LogP contribution in [0.5, 0.6) is 5.75 Å². The minimum atomic E-state index is 0.187. The largest absolute Gasteiger partial charge is 0.497 e. The second-order valence-electron chi connectivity index (χ2n) is 11.8. The third kappa shape index (κ3) is 4.60. The number of hydrogen-bond acceptors (Lipinski definition) is 2. The summed E-state index contributed by atoms with van der Waals surface area (Å²) >= 11 is 0. The van der Waals surface area contributed by atoms with Crippen LogP contribution in [0.2, 0.25) is 0 Å². The van der Waals surface area contributed by atoms with Gasteiger partial charge in [0.1, 0.15) is 5.75 Å². The number of rotatable bonds is 3. The van der Waals surface area contributed by atoms with Gasteiger partial charge in [-0.1, -0.05) is 67.0 Å². The molecule has 1 aromatic carbocycles. The van der Waals surface area contributed by atoms with Gasteiger partial charge in [0, 0.05) is 11.5 Å². The predicted molar refractivity (Wildman–Crippen MR) is 144 cm³/mol. The van der Waals surface area contributed by atoms with Crippen LogP contribution in [0.1, 0.15) is 117 Å². The highest BCUT2D eigenvalue weighted by Crippen LogP contribution is 2.68. The first-order valence-electron chi connectivity index (χ1n) is 14.5. The maximum absolute atomic E-state index is 13.6. The second kappa shape index (κ2) is 11.2. The summed E-state index contributed by atoms with van der Waals surface area (Å²) in [5.41, 5.74) is 1.60. The molecular formula is C32H52O2. The number of hydrogen-bond donors (Lipinski definition) is 0. The zero-order valence-electron chi connectivity index (χ0n) is 23.5. The van der Waals surface area contributed by atoms with E-state index in [0.29, 0.717) is 11.2 Å². The van der Waals surface area contributed by atoms with E-state index < -0.39 is 0 Å². The molecule has 8 unspecified atom stereocenters. The van der Waals surface area contributed by atoms with Gasteiger partial charge < -0.3 is 4.74 Å². The number of ether oxygens (including phenoxy) is 1. The first-order chi connectivity index (χ1) is 16.4. The molecule has 34 heavy (non-hydrogen) atoms. The van der Waals surface area contributed by atoms with Crippen molar-refractivity contribution in [1.82, 2.24) is 0 Å². The Kier molecular flexibility index (Phi) is 8.96. The monoisotopic (exact) mass is 468 g/mol. The average molecular weight is 469 g/mol. The van der Waals surface area contributed by atoms with Gasteiger partial charge in [0.05, 0.1) is 7.11 Å². The molecule has 192 valence electrons. The number of benzene rings is 1. The van der Waals surface area contributed by atoms with Crippen LogP contribution in [-0.4, -0.2) is 12.9 Å². The Balaban J connectivity index is 0.000000771. The number of ketones is 1. The van der Waals surface area contributed by atoms with Crippen molar-refractivity contribution in [2.45, 2.75) is 106 Å². The Bertz CT molecular complexity index is 815. The van der Waals surface area contributed by atoms with E-state index in [1.54, 1.807) is 7.11 Å². The molecule has 0 aliphatic heterocycles. The molecule has 5 rings (SSSR count). The Morgan fingerprint density at radius 3 is 2.26 bits per heavy atom. The molecule has 0 bridgehead atoms. The number of methoxy groups -OCH3 is 1. The van der Waals surface area contributed by atoms with Gasteiger partial charge in [-0.25, -0.2) is 0 Å². The van der Waals surface area contributed by atoms with Crippen LogP contribution in [0.25, 0.3) is 0 Å². The van der Waals surface area contributed by atoms with Crippen LogP contribution in [0.4, 0.5) is 0 Å². The van der Waals surface area contributed by atoms with Gasteiger partial charge in [-0.15, -0.1) is 0 Å². The van der Waals surface area contributed by atoms with E-state index in [1.165, 1.54) is 51.4 Å². The number of Topliss-reactive ketones (excluding diaryl/α,β-unsaturated/α-hetero) is 1. The third-order valence-electron chi connectivity index (χ3n) is 10.6. The molecule has 0 amide bonds. The van der Waals surface area contributed by atoms with Crippen LogP contribution < -0.4 is 4.74 Å². The highest BCUT2D eigenvalue weighted by molar-refractivity contribution is 5.99. The fourth-order valence-corrected chi connectivity index (χ4v) is 8.88. The van der Waals surface area contributed by atoms with Crippen LogP contribution in [0.15, 0.2) is 24.3 Å². The maximum atomic E-state index is 13.6. The molecule has 2 heteroatoms. The van der Waals surface area contributed by atoms with Gasteiger partial charge in [0.2, 0.25) is 0 Å². The fourth-order valence-electron chi connectivity index (χ4n) is 8.88. The van der Waals surface area contributed by atoms with Crippen LogP contribution in [-0.2, 0) is 0 Å². The highest BCUT2D eigenvalue weighted by atomic mass is 16.5. The first-order valence-corrected chi connectivity index (χ1v) is 14.5. The van der Waals surface area contributed by atoms with E-state index in [-0.39, 0.29) is 11.3 Å². The summed E-state index contributed by atoms with van der Waals surface area (Å²) in [6.45, 7) is 15.6. The summed E-state index contributed by atoms with van der Waals surface area (Å²) in [6, 6.07) is 7.83. The summed E-state index contributed by atoms with van der Waals surface area (Å²) in [5.74, 6) is 5.70. The van der Waals surface area contributed by atoms with Crippen LogP contribution >= 0.6 is 0 Å². The maximum Gasteiger partial charge on any atom is 0.166 e. The Labute approximate surface area is 210 Å². The first kappa shape index (κ1) is 27.3. The summed E-state index contributed by atoms with van der Waals surface area (Å²) in [7, 11) is 1.68. The van der Waals surface area contributed by atoms with Crippen molar-refractivity contribution in [2.75, 3.05) is 7.11 Å². The lowest BCUT2D eigenvalue weighted by Crippen LogP contribution is -2.53. The van der Waals surface area contributed by atoms with Crippen molar-refractivity contribution in [1.29, 1.82) is 0 Å². The van der Waals surface area contributed by atoms with Crippen LogP contribution in [0, 0.1) is 46.3 Å². The minimum absolute atomic E-state index is 0.187. The molecule has 0 N–H and O–H groups in total. The average Bonchev–Trinajstić information content (AvgIpc) is 3.23. The lowest BCUT2D eigenvalue weighted by Gasteiger charge is -2.61. The molecule has 0 aromatic heterocycles. The lowest BCUT2D eigenvalue weighted by atomic mass is 9.44. The van der Waals surface area contributed by atoms with E-state index in [1.807, 2.05) is 52.0 Å². The van der Waals surface area contributed by atoms with E-state index >= 15 is 0 Å². The molecule has 1 aromatic rings. The minimum Gasteiger partial charge on any atom is -0.497 e. The molecular weight excluding hydrogens is 416 g/mol. The van der Waals surface area contributed by atoms with Crippen molar-refractivity contribution >= 4 is 5.78 Å². The summed E-state index contributed by atoms with van der Waals surface area (Å²) in [6.07, 6.45) is 12.1. The van der Waals surface area contributed by atoms with Gasteiger partial charge >= 0.3 is 0 Å². The van der Waals surface area contributed by atoms with Gasteiger partial charge in [0.25, 0.3) is 0 Å². The smallest absolute Gasteiger partial charge is 0.166 e. The Morgan fingerprint density at radius 1 is 0.882 bits per heavy atom. The molecule has 0 spiro atoms. The zero-order valence-corrected chi connectivity index (χ0v) is 23.5. The van der Waals surface area contributed by atoms with E-state index in [2.05, 4.69) is 20.8 Å². The van der Waals surface area contributed by atoms with Crippen LogP contribution in [0.3, 0.4) is 0 Å². The quantitative estimate of drug-likeness (QED) is 0.413. The van der Waals surface area contributed by atoms with Crippen molar-refractivity contribution in [3.63, 3.8) is 0 Å². The lowest BCUT2D eigenvalue weighted by molar-refractivity contribution is -0.114. The SMILES string of the molecule is CC.CC.COc1cccc(C(=O)C2CCC3C4CCC5CC(C)CCC5(C)C4CCC23C)c1. The second-order valence-corrected chi connectivity index (χ2v) is 11.8. The highest BCUT2D eigenvalue weighted by Gasteiger charge is 2.61. The Morgan fingerprint density at radius 2 is 1.56 bits per heavy atom. The molecule has 8 atom stereocenters. The molecule has 0 radical (unpaired) electrons. The summed E-state index contributed by atoms with van der Waals surface area (Å²) in [4.78, 5) is 13.6. The zero-order chi connectivity index (χ0) is 25.1. The van der Waals surface area contributed by atoms with Gasteiger partial charge in [-0.3, -0.25) is 4.79 Å². The van der Waals surface area contributed by atoms with Crippen molar-refractivity contribution in [3.8, 4) is 5.75 Å². The van der Waals surface area contributed by atoms with Crippen molar-refractivity contribution < 1.29 is 9.53 Å². The normalized spacial score (nSPS) is 40.2. The van der Waals surface area contributed by atoms with Gasteiger partial charge in [-0.2, -0.15) is 0 Å². The van der Waals surface area contributed by atoms with Gasteiger partial charge in [-0.05, 0) is 104 Å². The van der Waals surface area contributed by atoms with Gasteiger partial charge in [0.15, 0.2) is 5.78 Å². The summed E-state index contributed by atoms with van der Waals surface area (Å²) < 4.78 is 5.39. The molecule has 2 nitrogen and oxygen atoms in total. The van der Waals surface area contributed by atoms with Crippen molar-refractivity contribution in [2.24, 2.45) is 46.3 Å². The fraction of sp³-hybridized carbons (Fsp3) is 0.781. The predicted octanol–water partition coefficient (Wildman–Crippen LogP) is 9.23. The molecule has 0 heterocycles. The molecule has 4 aliphatic carbocycles. The molecule has 4 aliphatic rings. The van der Waals surface area contributed by atoms with Crippen molar-refractivity contribution in [3.05, 3.63) is 29.8 Å². The number of fused-ring (bicyclic) bond motifs is 5. The van der Waals surface area contributed by atoms with E-state index in [4.69, 9.17) is 4.74 Å². The summed E-state index contributed by atoms with van der Waals surface area (Å²) in [5, 5.41) is 0. The molecule has 4 saturated carbocycles. The third-order valence-corrected chi connectivity index (χ3v) is 10.6. The topological polar surface area (TPSA) is 26.3 Å². The standard InChI is InChI=1S/C28H40O2.2C2H6/c1-18-12-14-27(2)20(16-18)8-9-22-23-10-11-25(28(23,3)15-13-24(22)27)26(29)19-6-5-7-21(17-19)30-4;2*1-2/h5-7,17-18,20,22-25H,8-16H2,1-4H3;2*1-2H3. The number of carbonyl (C=O) groups is 1. The van der Waals surface area contributed by atoms with E-state index in [0.717, 1.165) is 47.3 Å². The van der Waals surface area contributed by atoms with E-state index in [9.17, 15) is 4.79 Å².